The van der Waals surface area contributed by atoms with Gasteiger partial charge in [-0.05, 0) is 44.6 Å². The third-order valence-corrected chi connectivity index (χ3v) is 7.19. The van der Waals surface area contributed by atoms with Gasteiger partial charge in [0.25, 0.3) is 0 Å². The molecule has 23 heavy (non-hydrogen) atoms. The summed E-state index contributed by atoms with van der Waals surface area (Å²) in [5.74, 6) is 0.243. The molecule has 3 rings (SSSR count). The number of fused-ring (bicyclic) bond motifs is 1. The van der Waals surface area contributed by atoms with Crippen LogP contribution in [0.4, 0.5) is 0 Å². The van der Waals surface area contributed by atoms with E-state index in [-0.39, 0.29) is 27.1 Å². The number of allylic oxidation sites excluding steroid dienone is 2. The van der Waals surface area contributed by atoms with Crippen molar-refractivity contribution in [2.24, 2.45) is 11.3 Å². The lowest BCUT2D eigenvalue weighted by Crippen LogP contribution is -2.38. The normalized spacial score (nSPS) is 28.1. The van der Waals surface area contributed by atoms with Crippen molar-refractivity contribution < 1.29 is 9.00 Å². The second-order valence-electron chi connectivity index (χ2n) is 8.61. The quantitative estimate of drug-likeness (QED) is 0.806. The van der Waals surface area contributed by atoms with Gasteiger partial charge in [0.05, 0.1) is 0 Å². The maximum Gasteiger partial charge on any atom is 0.179 e. The molecule has 3 heteroatoms. The molecule has 124 valence electrons. The number of carbonyl (C=O) groups is 1. The standard InChI is InChI=1S/C20H26O2S/c1-19(2,3)23(22)18-15-12-20(4,5)11-14(15)16(17(18)21)13-9-7-6-8-10-13/h6-10,15,18H,11-12H2,1-5H3/t15-,18+,23?/m0/s1. The fourth-order valence-electron chi connectivity index (χ4n) is 4.04. The lowest BCUT2D eigenvalue weighted by Gasteiger charge is -2.27. The number of benzene rings is 1. The first-order chi connectivity index (χ1) is 10.6. The molecular formula is C20H26O2S. The molecule has 0 saturated heterocycles. The van der Waals surface area contributed by atoms with E-state index in [4.69, 9.17) is 0 Å². The molecule has 2 aliphatic rings. The minimum atomic E-state index is -1.17. The number of hydrogen-bond acceptors (Lipinski definition) is 2. The van der Waals surface area contributed by atoms with Gasteiger partial charge in [-0.2, -0.15) is 0 Å². The third-order valence-electron chi connectivity index (χ3n) is 4.98. The molecule has 0 aliphatic heterocycles. The van der Waals surface area contributed by atoms with Crippen LogP contribution in [0, 0.1) is 11.3 Å². The second-order valence-corrected chi connectivity index (χ2v) is 10.9. The van der Waals surface area contributed by atoms with Crippen molar-refractivity contribution in [1.82, 2.24) is 0 Å². The summed E-state index contributed by atoms with van der Waals surface area (Å²) in [5, 5.41) is -0.373. The van der Waals surface area contributed by atoms with E-state index >= 15 is 0 Å². The van der Waals surface area contributed by atoms with Crippen molar-refractivity contribution in [2.45, 2.75) is 57.5 Å². The Morgan fingerprint density at radius 1 is 1.13 bits per heavy atom. The monoisotopic (exact) mass is 330 g/mol. The van der Waals surface area contributed by atoms with E-state index in [1.165, 1.54) is 5.57 Å². The molecule has 1 aromatic carbocycles. The Labute approximate surface area is 141 Å². The Kier molecular flexibility index (Phi) is 3.91. The number of hydrogen-bond donors (Lipinski definition) is 0. The minimum absolute atomic E-state index is 0.0972. The Morgan fingerprint density at radius 3 is 2.30 bits per heavy atom. The Bertz CT molecular complexity index is 692. The van der Waals surface area contributed by atoms with E-state index in [0.717, 1.165) is 24.0 Å². The van der Waals surface area contributed by atoms with Crippen molar-refractivity contribution in [2.75, 3.05) is 0 Å². The van der Waals surface area contributed by atoms with Gasteiger partial charge in [0, 0.05) is 27.0 Å². The van der Waals surface area contributed by atoms with Crippen LogP contribution in [0.5, 0.6) is 0 Å². The van der Waals surface area contributed by atoms with Crippen LogP contribution in [0.25, 0.3) is 5.57 Å². The molecule has 3 atom stereocenters. The largest absolute Gasteiger partial charge is 0.293 e. The van der Waals surface area contributed by atoms with Crippen molar-refractivity contribution in [3.8, 4) is 0 Å². The van der Waals surface area contributed by atoms with Gasteiger partial charge in [-0.25, -0.2) is 0 Å². The highest BCUT2D eigenvalue weighted by Gasteiger charge is 2.53. The van der Waals surface area contributed by atoms with Gasteiger partial charge in [-0.3, -0.25) is 9.00 Å². The summed E-state index contributed by atoms with van der Waals surface area (Å²) in [7, 11) is -1.17. The molecule has 1 fully saturated rings. The number of carbonyl (C=O) groups excluding carboxylic acids is 1. The van der Waals surface area contributed by atoms with Gasteiger partial charge in [-0.15, -0.1) is 0 Å². The third kappa shape index (κ3) is 2.84. The molecule has 0 radical (unpaired) electrons. The highest BCUT2D eigenvalue weighted by molar-refractivity contribution is 7.88. The lowest BCUT2D eigenvalue weighted by molar-refractivity contribution is -0.113. The van der Waals surface area contributed by atoms with Crippen LogP contribution < -0.4 is 0 Å². The highest BCUT2D eigenvalue weighted by Crippen LogP contribution is 2.54. The first-order valence-corrected chi connectivity index (χ1v) is 9.56. The molecule has 2 aliphatic carbocycles. The molecule has 1 saturated carbocycles. The van der Waals surface area contributed by atoms with Gasteiger partial charge in [0.15, 0.2) is 5.78 Å². The van der Waals surface area contributed by atoms with Crippen LogP contribution in [0.1, 0.15) is 53.0 Å². The number of Topliss-reactive ketones (excluding diaryl/α,β-unsaturated/α-hetero) is 1. The van der Waals surface area contributed by atoms with Crippen molar-refractivity contribution in [3.05, 3.63) is 41.5 Å². The van der Waals surface area contributed by atoms with Crippen LogP contribution in [-0.2, 0) is 15.6 Å². The second kappa shape index (κ2) is 5.41. The van der Waals surface area contributed by atoms with Crippen molar-refractivity contribution in [3.63, 3.8) is 0 Å². The molecule has 1 aromatic rings. The highest BCUT2D eigenvalue weighted by atomic mass is 32.2. The molecule has 0 spiro atoms. The first kappa shape index (κ1) is 16.6. The molecule has 0 heterocycles. The van der Waals surface area contributed by atoms with E-state index in [2.05, 4.69) is 13.8 Å². The average molecular weight is 330 g/mol. The van der Waals surface area contributed by atoms with Gasteiger partial charge in [-0.1, -0.05) is 49.8 Å². The summed E-state index contributed by atoms with van der Waals surface area (Å²) in [4.78, 5) is 13.2. The molecule has 2 nitrogen and oxygen atoms in total. The topological polar surface area (TPSA) is 34.1 Å². The SMILES string of the molecule is CC1(C)CC2=C(c3ccccc3)C(=O)[C@H](S(=O)C(C)(C)C)[C@H]2C1. The summed E-state index contributed by atoms with van der Waals surface area (Å²) in [6.45, 7) is 10.4. The Balaban J connectivity index is 2.11. The maximum atomic E-state index is 13.2. The molecule has 1 unspecified atom stereocenters. The predicted octanol–water partition coefficient (Wildman–Crippen LogP) is 4.37. The van der Waals surface area contributed by atoms with E-state index in [9.17, 15) is 9.00 Å². The Hall–Kier alpha value is -1.22. The molecule has 0 amide bonds. The summed E-state index contributed by atoms with van der Waals surface area (Å²) < 4.78 is 12.7. The Morgan fingerprint density at radius 2 is 1.74 bits per heavy atom. The summed E-state index contributed by atoms with van der Waals surface area (Å²) in [6.07, 6.45) is 1.89. The van der Waals surface area contributed by atoms with E-state index in [0.29, 0.717) is 0 Å². The van der Waals surface area contributed by atoms with Crippen LogP contribution in [-0.4, -0.2) is 20.0 Å². The fraction of sp³-hybridized carbons (Fsp3) is 0.550. The van der Waals surface area contributed by atoms with Gasteiger partial charge in [0.1, 0.15) is 5.25 Å². The minimum Gasteiger partial charge on any atom is -0.293 e. The van der Waals surface area contributed by atoms with E-state index < -0.39 is 10.8 Å². The van der Waals surface area contributed by atoms with Gasteiger partial charge in [0.2, 0.25) is 0 Å². The zero-order valence-corrected chi connectivity index (χ0v) is 15.5. The zero-order chi connectivity index (χ0) is 17.0. The van der Waals surface area contributed by atoms with Crippen molar-refractivity contribution >= 4 is 22.2 Å². The molecule has 0 N–H and O–H groups in total. The smallest absolute Gasteiger partial charge is 0.179 e. The number of rotatable bonds is 2. The van der Waals surface area contributed by atoms with Crippen molar-refractivity contribution in [1.29, 1.82) is 0 Å². The van der Waals surface area contributed by atoms with Crippen LogP contribution >= 0.6 is 0 Å². The molecule has 0 aromatic heterocycles. The summed E-state index contributed by atoms with van der Waals surface area (Å²) >= 11 is 0. The summed E-state index contributed by atoms with van der Waals surface area (Å²) in [5.41, 5.74) is 3.27. The number of ketones is 1. The average Bonchev–Trinajstić information content (AvgIpc) is 2.87. The van der Waals surface area contributed by atoms with E-state index in [1.807, 2.05) is 51.1 Å². The van der Waals surface area contributed by atoms with Crippen LogP contribution in [0.2, 0.25) is 0 Å². The first-order valence-electron chi connectivity index (χ1n) is 8.35. The zero-order valence-electron chi connectivity index (χ0n) is 14.7. The van der Waals surface area contributed by atoms with Gasteiger partial charge >= 0.3 is 0 Å². The molecular weight excluding hydrogens is 304 g/mol. The maximum absolute atomic E-state index is 13.2. The fourth-order valence-corrected chi connectivity index (χ4v) is 5.68. The van der Waals surface area contributed by atoms with E-state index in [1.54, 1.807) is 0 Å². The summed E-state index contributed by atoms with van der Waals surface area (Å²) in [6, 6.07) is 9.92. The lowest BCUT2D eigenvalue weighted by atomic mass is 9.88. The van der Waals surface area contributed by atoms with Crippen LogP contribution in [0.3, 0.4) is 0 Å². The van der Waals surface area contributed by atoms with Crippen LogP contribution in [0.15, 0.2) is 35.9 Å². The van der Waals surface area contributed by atoms with Gasteiger partial charge < -0.3 is 0 Å². The predicted molar refractivity (Wildman–Crippen MR) is 96.6 cm³/mol. The molecule has 0 bridgehead atoms.